The van der Waals surface area contributed by atoms with Gasteiger partial charge >= 0.3 is 12.4 Å². The molecule has 0 saturated carbocycles. The third-order valence-corrected chi connectivity index (χ3v) is 1.69. The van der Waals surface area contributed by atoms with Crippen LogP contribution < -0.4 is 5.73 Å². The highest BCUT2D eigenvalue weighted by Gasteiger charge is 2.58. The topological polar surface area (TPSA) is 35.2 Å². The van der Waals surface area contributed by atoms with E-state index in [9.17, 15) is 26.3 Å². The quantitative estimate of drug-likeness (QED) is 0.766. The summed E-state index contributed by atoms with van der Waals surface area (Å²) in [4.78, 5) is 0. The van der Waals surface area contributed by atoms with Gasteiger partial charge in [0, 0.05) is 6.04 Å². The van der Waals surface area contributed by atoms with E-state index in [1.54, 1.807) is 0 Å². The minimum absolute atomic E-state index is 0.919. The second-order valence-corrected chi connectivity index (χ2v) is 3.16. The molecule has 0 aliphatic carbocycles. The number of alkyl halides is 6. The van der Waals surface area contributed by atoms with Gasteiger partial charge in [-0.25, -0.2) is 0 Å². The first-order valence-corrected chi connectivity index (χ1v) is 4.00. The Hall–Kier alpha value is -0.500. The van der Waals surface area contributed by atoms with Gasteiger partial charge in [0.2, 0.25) is 6.10 Å². The van der Waals surface area contributed by atoms with Crippen LogP contribution in [-0.4, -0.2) is 30.6 Å². The van der Waals surface area contributed by atoms with E-state index in [2.05, 4.69) is 4.74 Å². The highest BCUT2D eigenvalue weighted by atomic mass is 19.4. The summed E-state index contributed by atoms with van der Waals surface area (Å²) in [6.45, 7) is 2.31. The van der Waals surface area contributed by atoms with Gasteiger partial charge in [-0.05, 0) is 13.8 Å². The lowest BCUT2D eigenvalue weighted by Gasteiger charge is -2.27. The lowest BCUT2D eigenvalue weighted by molar-refractivity contribution is -0.330. The van der Waals surface area contributed by atoms with Gasteiger partial charge in [-0.15, -0.1) is 0 Å². The van der Waals surface area contributed by atoms with Crippen LogP contribution in [0.5, 0.6) is 0 Å². The maximum atomic E-state index is 12.0. The zero-order chi connectivity index (χ0) is 12.4. The predicted octanol–water partition coefficient (Wildman–Crippen LogP) is 2.23. The maximum absolute atomic E-state index is 12.0. The third-order valence-electron chi connectivity index (χ3n) is 1.69. The molecule has 0 amide bonds. The summed E-state index contributed by atoms with van der Waals surface area (Å²) in [7, 11) is 0. The van der Waals surface area contributed by atoms with E-state index in [0.717, 1.165) is 6.92 Å². The van der Waals surface area contributed by atoms with E-state index in [4.69, 9.17) is 5.73 Å². The average Bonchev–Trinajstić information content (AvgIpc) is 1.94. The van der Waals surface area contributed by atoms with Gasteiger partial charge in [0.05, 0.1) is 6.10 Å². The van der Waals surface area contributed by atoms with Gasteiger partial charge in [0.15, 0.2) is 0 Å². The van der Waals surface area contributed by atoms with Crippen molar-refractivity contribution in [1.29, 1.82) is 0 Å². The van der Waals surface area contributed by atoms with E-state index in [-0.39, 0.29) is 0 Å². The average molecular weight is 239 g/mol. The number of nitrogens with two attached hydrogens (primary N) is 1. The molecule has 0 bridgehead atoms. The molecule has 0 aromatic rings. The molecule has 2 unspecified atom stereocenters. The summed E-state index contributed by atoms with van der Waals surface area (Å²) in [5.74, 6) is 0. The van der Waals surface area contributed by atoms with Crippen LogP contribution in [0, 0.1) is 0 Å². The van der Waals surface area contributed by atoms with Gasteiger partial charge in [-0.2, -0.15) is 26.3 Å². The Bertz CT molecular complexity index is 185. The summed E-state index contributed by atoms with van der Waals surface area (Å²) in [6.07, 6.45) is -16.1. The molecule has 0 aliphatic rings. The van der Waals surface area contributed by atoms with Crippen LogP contribution in [0.1, 0.15) is 13.8 Å². The van der Waals surface area contributed by atoms with Crippen LogP contribution in [-0.2, 0) is 4.74 Å². The van der Waals surface area contributed by atoms with E-state index >= 15 is 0 Å². The third kappa shape index (κ3) is 4.70. The Balaban J connectivity index is 4.69. The molecule has 0 saturated heterocycles. The normalized spacial score (nSPS) is 18.0. The van der Waals surface area contributed by atoms with Crippen molar-refractivity contribution in [1.82, 2.24) is 0 Å². The van der Waals surface area contributed by atoms with Crippen LogP contribution in [0.4, 0.5) is 26.3 Å². The Morgan fingerprint density at radius 3 is 1.47 bits per heavy atom. The second kappa shape index (κ2) is 4.56. The molecule has 0 aliphatic heterocycles. The van der Waals surface area contributed by atoms with E-state index in [0.29, 0.717) is 0 Å². The molecule has 0 aromatic carbocycles. The minimum atomic E-state index is -5.48. The molecule has 0 spiro atoms. The Morgan fingerprint density at radius 1 is 0.933 bits per heavy atom. The molecule has 0 heterocycles. The maximum Gasteiger partial charge on any atom is 0.423 e. The standard InChI is InChI=1S/C7H11F6NO/c1-3(14)4(2)15-5(6(8,9)10)7(11,12)13/h3-5H,14H2,1-2H3. The molecule has 2 atom stereocenters. The van der Waals surface area contributed by atoms with Gasteiger partial charge in [0.1, 0.15) is 0 Å². The first kappa shape index (κ1) is 14.5. The van der Waals surface area contributed by atoms with Crippen molar-refractivity contribution < 1.29 is 31.1 Å². The van der Waals surface area contributed by atoms with Crippen molar-refractivity contribution in [3.05, 3.63) is 0 Å². The fourth-order valence-electron chi connectivity index (χ4n) is 0.678. The molecule has 92 valence electrons. The molecule has 2 nitrogen and oxygen atoms in total. The number of rotatable bonds is 3. The predicted molar refractivity (Wildman–Crippen MR) is 40.1 cm³/mol. The Kier molecular flexibility index (Phi) is 4.41. The molecule has 0 radical (unpaired) electrons. The van der Waals surface area contributed by atoms with Crippen molar-refractivity contribution >= 4 is 0 Å². The monoisotopic (exact) mass is 239 g/mol. The van der Waals surface area contributed by atoms with Crippen LogP contribution in [0.25, 0.3) is 0 Å². The van der Waals surface area contributed by atoms with Crippen molar-refractivity contribution in [2.45, 2.75) is 44.4 Å². The first-order valence-electron chi connectivity index (χ1n) is 4.00. The molecule has 8 heteroatoms. The summed E-state index contributed by atoms with van der Waals surface area (Å²) >= 11 is 0. The fourth-order valence-corrected chi connectivity index (χ4v) is 0.678. The second-order valence-electron chi connectivity index (χ2n) is 3.16. The lowest BCUT2D eigenvalue weighted by Crippen LogP contribution is -2.48. The summed E-state index contributed by atoms with van der Waals surface area (Å²) in [5, 5.41) is 0. The van der Waals surface area contributed by atoms with Crippen molar-refractivity contribution in [2.75, 3.05) is 0 Å². The number of hydrogen-bond acceptors (Lipinski definition) is 2. The molecule has 0 rings (SSSR count). The van der Waals surface area contributed by atoms with Gasteiger partial charge in [-0.3, -0.25) is 0 Å². The summed E-state index contributed by atoms with van der Waals surface area (Å²) in [5.41, 5.74) is 5.11. The highest BCUT2D eigenvalue weighted by molar-refractivity contribution is 4.78. The molecule has 0 fully saturated rings. The SMILES string of the molecule is CC(N)C(C)OC(C(F)(F)F)C(F)(F)F. The van der Waals surface area contributed by atoms with E-state index in [1.807, 2.05) is 0 Å². The van der Waals surface area contributed by atoms with Crippen LogP contribution >= 0.6 is 0 Å². The zero-order valence-corrected chi connectivity index (χ0v) is 7.99. The summed E-state index contributed by atoms with van der Waals surface area (Å²) < 4.78 is 75.6. The fraction of sp³-hybridized carbons (Fsp3) is 1.00. The lowest BCUT2D eigenvalue weighted by atomic mass is 10.2. The van der Waals surface area contributed by atoms with Gasteiger partial charge in [-0.1, -0.05) is 0 Å². The largest absolute Gasteiger partial charge is 0.423 e. The first-order chi connectivity index (χ1) is 6.46. The van der Waals surface area contributed by atoms with Crippen molar-refractivity contribution in [2.24, 2.45) is 5.73 Å². The molecule has 2 N–H and O–H groups in total. The molecular weight excluding hydrogens is 228 g/mol. The van der Waals surface area contributed by atoms with Gasteiger partial charge < -0.3 is 10.5 Å². The van der Waals surface area contributed by atoms with Crippen LogP contribution in [0.3, 0.4) is 0 Å². The highest BCUT2D eigenvalue weighted by Crippen LogP contribution is 2.36. The van der Waals surface area contributed by atoms with Crippen molar-refractivity contribution in [3.8, 4) is 0 Å². The summed E-state index contributed by atoms with van der Waals surface area (Å²) in [6, 6.07) is -0.919. The molecule has 15 heavy (non-hydrogen) atoms. The minimum Gasteiger partial charge on any atom is -0.356 e. The molecular formula is C7H11F6NO. The zero-order valence-electron chi connectivity index (χ0n) is 7.99. The molecule has 0 aromatic heterocycles. The number of halogens is 6. The van der Waals surface area contributed by atoms with Crippen LogP contribution in [0.15, 0.2) is 0 Å². The van der Waals surface area contributed by atoms with Crippen molar-refractivity contribution in [3.63, 3.8) is 0 Å². The Labute approximate surface area is 82.4 Å². The van der Waals surface area contributed by atoms with E-state index < -0.39 is 30.6 Å². The number of ether oxygens (including phenoxy) is 1. The Morgan fingerprint density at radius 2 is 1.27 bits per heavy atom. The van der Waals surface area contributed by atoms with Gasteiger partial charge in [0.25, 0.3) is 0 Å². The number of hydrogen-bond donors (Lipinski definition) is 1. The smallest absolute Gasteiger partial charge is 0.356 e. The van der Waals surface area contributed by atoms with Crippen LogP contribution in [0.2, 0.25) is 0 Å². The van der Waals surface area contributed by atoms with E-state index in [1.165, 1.54) is 6.92 Å².